The van der Waals surface area contributed by atoms with E-state index >= 15 is 0 Å². The fourth-order valence-electron chi connectivity index (χ4n) is 14.6. The second-order valence-electron chi connectivity index (χ2n) is 22.9. The van der Waals surface area contributed by atoms with Gasteiger partial charge in [0.2, 0.25) is 5.79 Å². The van der Waals surface area contributed by atoms with Gasteiger partial charge in [0.05, 0.1) is 64.1 Å². The lowest BCUT2D eigenvalue weighted by molar-refractivity contribution is -0.387. The van der Waals surface area contributed by atoms with E-state index in [1.165, 1.54) is 6.92 Å². The average Bonchev–Trinajstić information content (AvgIpc) is 3.92. The monoisotopic (exact) mass is 1030 g/mol. The van der Waals surface area contributed by atoms with Crippen molar-refractivity contribution in [3.05, 3.63) is 11.6 Å². The highest BCUT2D eigenvalue weighted by Gasteiger charge is 2.76. The maximum Gasteiger partial charge on any atom is 0.203 e. The molecule has 30 atom stereocenters. The van der Waals surface area contributed by atoms with E-state index in [1.54, 1.807) is 6.92 Å². The molecular weight excluding hydrogens is 961 g/mol. The number of rotatable bonds is 10. The number of carbonyl (C=O) groups is 1. The summed E-state index contributed by atoms with van der Waals surface area (Å²) in [4.78, 5) is 15.0. The van der Waals surface area contributed by atoms with Gasteiger partial charge in [-0.15, -0.1) is 0 Å². The molecule has 6 aliphatic heterocycles. The SMILES string of the molecule is CC1OC(O[C@H]2[C@H](O[C@@H]3C[C@H](O)CC4=CC[C@H]5[C@@H]6C(=O)[C@@H]7O[C@@]8(OC[C@H](C)[C@H](O)[C@@H]8O)[C@@H](CO)[C@@H]7[C@@]6(C)CC[C@@H]5[C@]43C)OC[C@H](O)[C@@H]2O[C@@H]2OC[C@@H](O)[C@H](O)[C@H]2O)C(O)C(O[C@@H]2OC[C@](O)(CO)[C@H]2O)C1O. The number of ether oxygens (including phenoxy) is 10. The molecule has 10 aliphatic rings. The second kappa shape index (κ2) is 19.7. The van der Waals surface area contributed by atoms with Crippen LogP contribution in [-0.2, 0) is 52.2 Å². The number of hydrogen-bond donors (Lipinski definition) is 13. The van der Waals surface area contributed by atoms with Gasteiger partial charge in [0.1, 0.15) is 78.8 Å². The normalized spacial score (nSPS) is 57.6. The highest BCUT2D eigenvalue weighted by molar-refractivity contribution is 5.90. The molecule has 0 aromatic heterocycles. The van der Waals surface area contributed by atoms with Gasteiger partial charge in [-0.2, -0.15) is 0 Å². The average molecular weight is 1040 g/mol. The van der Waals surface area contributed by atoms with E-state index in [1.807, 2.05) is 19.9 Å². The van der Waals surface area contributed by atoms with Crippen LogP contribution in [-0.4, -0.2) is 246 Å². The molecular formula is C48H74O24. The number of fused-ring (bicyclic) bond motifs is 7. The third kappa shape index (κ3) is 8.33. The molecule has 24 nitrogen and oxygen atoms in total. The zero-order valence-corrected chi connectivity index (χ0v) is 40.7. The van der Waals surface area contributed by atoms with Crippen molar-refractivity contribution in [3.8, 4) is 0 Å². The van der Waals surface area contributed by atoms with Crippen molar-refractivity contribution < 1.29 is 119 Å². The van der Waals surface area contributed by atoms with Crippen LogP contribution >= 0.6 is 0 Å². The van der Waals surface area contributed by atoms with Crippen LogP contribution in [0.4, 0.5) is 0 Å². The van der Waals surface area contributed by atoms with Crippen LogP contribution < -0.4 is 0 Å². The Morgan fingerprint density at radius 2 is 1.43 bits per heavy atom. The molecule has 6 heterocycles. The van der Waals surface area contributed by atoms with E-state index in [2.05, 4.69) is 0 Å². The van der Waals surface area contributed by atoms with Gasteiger partial charge < -0.3 is 114 Å². The smallest absolute Gasteiger partial charge is 0.203 e. The minimum absolute atomic E-state index is 0.0583. The van der Waals surface area contributed by atoms with E-state index in [-0.39, 0.29) is 30.6 Å². The van der Waals surface area contributed by atoms with Crippen LogP contribution in [0.2, 0.25) is 0 Å². The first-order chi connectivity index (χ1) is 34.0. The van der Waals surface area contributed by atoms with Crippen LogP contribution in [0.5, 0.6) is 0 Å². The zero-order chi connectivity index (χ0) is 51.7. The summed E-state index contributed by atoms with van der Waals surface area (Å²) < 4.78 is 61.3. The third-order valence-corrected chi connectivity index (χ3v) is 18.8. The number of aliphatic hydroxyl groups is 13. The van der Waals surface area contributed by atoms with Gasteiger partial charge in [0.15, 0.2) is 30.9 Å². The van der Waals surface area contributed by atoms with Gasteiger partial charge >= 0.3 is 0 Å². The third-order valence-electron chi connectivity index (χ3n) is 18.8. The van der Waals surface area contributed by atoms with Crippen molar-refractivity contribution >= 4 is 5.78 Å². The lowest BCUT2D eigenvalue weighted by Crippen LogP contribution is -2.66. The topological polar surface area (TPSA) is 372 Å². The van der Waals surface area contributed by atoms with Crippen LogP contribution in [0.1, 0.15) is 59.8 Å². The highest BCUT2D eigenvalue weighted by Crippen LogP contribution is 2.70. The van der Waals surface area contributed by atoms with Crippen LogP contribution in [0.3, 0.4) is 0 Å². The van der Waals surface area contributed by atoms with E-state index in [0.29, 0.717) is 25.7 Å². The molecule has 3 saturated carbocycles. The summed E-state index contributed by atoms with van der Waals surface area (Å²) in [7, 11) is 0. The van der Waals surface area contributed by atoms with E-state index in [4.69, 9.17) is 47.4 Å². The molecule has 410 valence electrons. The highest BCUT2D eigenvalue weighted by atomic mass is 16.8. The molecule has 1 spiro atoms. The molecule has 0 amide bonds. The minimum atomic E-state index is -2.10. The second-order valence-corrected chi connectivity index (χ2v) is 22.9. The molecule has 4 aliphatic carbocycles. The van der Waals surface area contributed by atoms with Crippen molar-refractivity contribution in [2.75, 3.05) is 39.6 Å². The van der Waals surface area contributed by atoms with Crippen molar-refractivity contribution in [2.45, 2.75) is 194 Å². The molecule has 5 unspecified atom stereocenters. The molecule has 10 rings (SSSR count). The summed E-state index contributed by atoms with van der Waals surface area (Å²) in [5, 5.41) is 142. The standard InChI is InChI=1S/C48H74O24/c1-17-12-66-48(39(60)29(17)54)23(11-49)28-36(72-48)32(57)27-21-6-5-19-9-20(51)10-26(46(19,4)22(21)7-8-45(27,28)3)68-43-38(35(25(53)14-64-43)69-41-33(58)31(56)24(52)13-63-41)71-42-34(59)37(30(55)18(2)67-42)70-44-40(61)47(62,15-50)16-65-44/h5,17-18,20-31,33-44,49-56,58-62H,6-16H2,1-4H3/t17-,18?,20+,21+,22-,23-,24+,25-,26+,27+,28-,29-,30?,31-,33+,34?,35-,36+,37?,38+,39-,40-,41-,42?,43-,44-,45-,46-,47+,48-/m0/s1. The van der Waals surface area contributed by atoms with E-state index in [9.17, 15) is 71.2 Å². The lowest BCUT2D eigenvalue weighted by Gasteiger charge is -2.60. The van der Waals surface area contributed by atoms with Crippen molar-refractivity contribution in [1.29, 1.82) is 0 Å². The first-order valence-electron chi connectivity index (χ1n) is 25.5. The van der Waals surface area contributed by atoms with Crippen LogP contribution in [0, 0.1) is 46.3 Å². The number of carbonyl (C=O) groups excluding carboxylic acids is 1. The minimum Gasteiger partial charge on any atom is -0.396 e. The Labute approximate surface area is 415 Å². The molecule has 24 heteroatoms. The molecule has 9 fully saturated rings. The Kier molecular flexibility index (Phi) is 14.8. The molecule has 0 aromatic rings. The lowest BCUT2D eigenvalue weighted by atomic mass is 9.46. The molecule has 0 radical (unpaired) electrons. The Bertz CT molecular complexity index is 2000. The van der Waals surface area contributed by atoms with Gasteiger partial charge in [-0.3, -0.25) is 4.79 Å². The summed E-state index contributed by atoms with van der Waals surface area (Å²) in [5.41, 5.74) is -2.83. The molecule has 72 heavy (non-hydrogen) atoms. The maximum absolute atomic E-state index is 15.0. The number of Topliss-reactive ketones (excluding diaryl/α,β-unsaturated/α-hetero) is 1. The Hall–Kier alpha value is -1.51. The van der Waals surface area contributed by atoms with Crippen molar-refractivity contribution in [3.63, 3.8) is 0 Å². The summed E-state index contributed by atoms with van der Waals surface area (Å²) in [6.07, 6.45) is -26.0. The number of allylic oxidation sites excluding steroid dienone is 1. The fraction of sp³-hybridized carbons (Fsp3) is 0.938. The van der Waals surface area contributed by atoms with Gasteiger partial charge in [0.25, 0.3) is 0 Å². The quantitative estimate of drug-likeness (QED) is 0.0912. The van der Waals surface area contributed by atoms with Gasteiger partial charge in [-0.1, -0.05) is 32.4 Å². The zero-order valence-electron chi connectivity index (χ0n) is 40.7. The van der Waals surface area contributed by atoms with Crippen molar-refractivity contribution in [1.82, 2.24) is 0 Å². The number of hydrogen-bond acceptors (Lipinski definition) is 24. The molecule has 0 aromatic carbocycles. The Morgan fingerprint density at radius 1 is 0.736 bits per heavy atom. The van der Waals surface area contributed by atoms with Gasteiger partial charge in [0, 0.05) is 35.5 Å². The largest absolute Gasteiger partial charge is 0.396 e. The summed E-state index contributed by atoms with van der Waals surface area (Å²) in [6, 6.07) is 0. The molecule has 13 N–H and O–H groups in total. The maximum atomic E-state index is 15.0. The first-order valence-corrected chi connectivity index (χ1v) is 25.5. The first kappa shape index (κ1) is 53.9. The Balaban J connectivity index is 0.944. The van der Waals surface area contributed by atoms with E-state index in [0.717, 1.165) is 5.57 Å². The van der Waals surface area contributed by atoms with Crippen LogP contribution in [0.15, 0.2) is 11.6 Å². The van der Waals surface area contributed by atoms with E-state index < -0.39 is 202 Å². The fourth-order valence-corrected chi connectivity index (χ4v) is 14.6. The van der Waals surface area contributed by atoms with Gasteiger partial charge in [-0.05, 0) is 49.9 Å². The molecule has 6 saturated heterocycles. The Morgan fingerprint density at radius 3 is 2.14 bits per heavy atom. The molecule has 0 bridgehead atoms. The number of ketones is 1. The number of aliphatic hydroxyl groups excluding tert-OH is 12. The summed E-state index contributed by atoms with van der Waals surface area (Å²) in [5.74, 6) is -4.83. The van der Waals surface area contributed by atoms with Crippen molar-refractivity contribution in [2.24, 2.45) is 46.3 Å². The summed E-state index contributed by atoms with van der Waals surface area (Å²) in [6.45, 7) is 4.48. The summed E-state index contributed by atoms with van der Waals surface area (Å²) >= 11 is 0. The van der Waals surface area contributed by atoms with Crippen LogP contribution in [0.25, 0.3) is 0 Å². The predicted octanol–water partition coefficient (Wildman–Crippen LogP) is -4.98. The predicted molar refractivity (Wildman–Crippen MR) is 235 cm³/mol. The van der Waals surface area contributed by atoms with Gasteiger partial charge in [-0.25, -0.2) is 0 Å².